The second-order valence-corrected chi connectivity index (χ2v) is 5.15. The molecule has 3 rings (SSSR count). The number of benzene rings is 1. The molecule has 0 saturated carbocycles. The number of rotatable bonds is 3. The molecule has 24 heavy (non-hydrogen) atoms. The first kappa shape index (κ1) is 16.0. The molecule has 0 bridgehead atoms. The van der Waals surface area contributed by atoms with Crippen LogP contribution >= 0.6 is 0 Å². The van der Waals surface area contributed by atoms with Crippen molar-refractivity contribution in [2.45, 2.75) is 6.36 Å². The van der Waals surface area contributed by atoms with E-state index in [9.17, 15) is 13.2 Å². The second kappa shape index (κ2) is 6.31. The van der Waals surface area contributed by atoms with E-state index >= 15 is 0 Å². The predicted molar refractivity (Wildman–Crippen MR) is 80.3 cm³/mol. The van der Waals surface area contributed by atoms with Gasteiger partial charge in [-0.05, 0) is 12.1 Å². The predicted octanol–water partition coefficient (Wildman–Crippen LogP) is 3.45. The summed E-state index contributed by atoms with van der Waals surface area (Å²) in [6.07, 6.45) is -4.70. The first-order valence-electron chi connectivity index (χ1n) is 7.14. The summed E-state index contributed by atoms with van der Waals surface area (Å²) in [7, 11) is 0. The minimum absolute atomic E-state index is 0.129. The van der Waals surface area contributed by atoms with Crippen molar-refractivity contribution < 1.29 is 22.4 Å². The van der Waals surface area contributed by atoms with Crippen LogP contribution in [0, 0.1) is 6.57 Å². The van der Waals surface area contributed by atoms with Gasteiger partial charge in [-0.15, -0.1) is 13.2 Å². The van der Waals surface area contributed by atoms with E-state index in [4.69, 9.17) is 11.1 Å². The van der Waals surface area contributed by atoms with Gasteiger partial charge in [0.25, 0.3) is 0 Å². The molecule has 126 valence electrons. The SMILES string of the molecule is [C-]#[N+]c1cc(N2CCN(c3cccc(OC(F)(F)F)c3)CC2)no1. The summed E-state index contributed by atoms with van der Waals surface area (Å²) in [6, 6.07) is 7.49. The number of piperazine rings is 1. The Hall–Kier alpha value is -2.89. The fraction of sp³-hybridized carbons (Fsp3) is 0.333. The lowest BCUT2D eigenvalue weighted by atomic mass is 10.2. The molecule has 6 nitrogen and oxygen atoms in total. The fourth-order valence-corrected chi connectivity index (χ4v) is 2.53. The molecule has 0 atom stereocenters. The molecule has 1 aliphatic rings. The van der Waals surface area contributed by atoms with E-state index in [1.807, 2.05) is 9.80 Å². The highest BCUT2D eigenvalue weighted by atomic mass is 19.4. The van der Waals surface area contributed by atoms with Crippen molar-refractivity contribution in [2.75, 3.05) is 36.0 Å². The van der Waals surface area contributed by atoms with E-state index in [0.29, 0.717) is 37.7 Å². The Morgan fingerprint density at radius 2 is 1.83 bits per heavy atom. The summed E-state index contributed by atoms with van der Waals surface area (Å²) < 4.78 is 45.7. The van der Waals surface area contributed by atoms with Gasteiger partial charge in [-0.2, -0.15) is 4.85 Å². The summed E-state index contributed by atoms with van der Waals surface area (Å²) in [5.41, 5.74) is 0.665. The summed E-state index contributed by atoms with van der Waals surface area (Å²) in [4.78, 5) is 7.10. The third-order valence-corrected chi connectivity index (χ3v) is 3.62. The fourth-order valence-electron chi connectivity index (χ4n) is 2.53. The van der Waals surface area contributed by atoms with Crippen LogP contribution in [0.1, 0.15) is 0 Å². The Balaban J connectivity index is 1.64. The lowest BCUT2D eigenvalue weighted by Gasteiger charge is -2.36. The molecule has 1 aromatic heterocycles. The van der Waals surface area contributed by atoms with Gasteiger partial charge >= 0.3 is 12.2 Å². The molecular weight excluding hydrogens is 325 g/mol. The van der Waals surface area contributed by atoms with Gasteiger partial charge in [0.15, 0.2) is 5.82 Å². The normalized spacial score (nSPS) is 15.2. The van der Waals surface area contributed by atoms with Crippen LogP contribution < -0.4 is 14.5 Å². The number of hydrogen-bond acceptors (Lipinski definition) is 5. The highest BCUT2D eigenvalue weighted by Crippen LogP contribution is 2.28. The molecule has 1 aromatic carbocycles. The van der Waals surface area contributed by atoms with Gasteiger partial charge in [-0.3, -0.25) is 0 Å². The molecule has 1 fully saturated rings. The van der Waals surface area contributed by atoms with E-state index < -0.39 is 6.36 Å². The molecule has 9 heteroatoms. The van der Waals surface area contributed by atoms with Gasteiger partial charge in [-0.25, -0.2) is 0 Å². The molecule has 0 aliphatic carbocycles. The van der Waals surface area contributed by atoms with E-state index in [1.54, 1.807) is 12.1 Å². The van der Waals surface area contributed by atoms with E-state index in [0.717, 1.165) is 0 Å². The number of ether oxygens (including phenoxy) is 1. The lowest BCUT2D eigenvalue weighted by Crippen LogP contribution is -2.46. The number of halogens is 3. The third-order valence-electron chi connectivity index (χ3n) is 3.62. The third kappa shape index (κ3) is 3.71. The van der Waals surface area contributed by atoms with Crippen LogP contribution in [0.2, 0.25) is 0 Å². The van der Waals surface area contributed by atoms with Crippen molar-refractivity contribution in [3.05, 3.63) is 41.7 Å². The van der Waals surface area contributed by atoms with Crippen molar-refractivity contribution in [1.29, 1.82) is 0 Å². The molecule has 0 unspecified atom stereocenters. The number of aromatic nitrogens is 1. The number of hydrogen-bond donors (Lipinski definition) is 0. The number of alkyl halides is 3. The number of nitrogens with zero attached hydrogens (tertiary/aromatic N) is 4. The maximum Gasteiger partial charge on any atom is 0.573 e. The summed E-state index contributed by atoms with van der Waals surface area (Å²) in [5, 5.41) is 3.84. The zero-order valence-electron chi connectivity index (χ0n) is 12.5. The highest BCUT2D eigenvalue weighted by Gasteiger charge is 2.31. The van der Waals surface area contributed by atoms with Gasteiger partial charge in [0, 0.05) is 44.0 Å². The quantitative estimate of drug-likeness (QED) is 0.802. The van der Waals surface area contributed by atoms with Crippen molar-refractivity contribution in [3.8, 4) is 5.75 Å². The Kier molecular flexibility index (Phi) is 4.20. The first-order valence-corrected chi connectivity index (χ1v) is 7.14. The smallest absolute Gasteiger partial charge is 0.406 e. The Morgan fingerprint density at radius 1 is 1.12 bits per heavy atom. The van der Waals surface area contributed by atoms with Gasteiger partial charge in [0.05, 0.1) is 6.57 Å². The molecule has 2 aromatic rings. The Bertz CT molecular complexity index is 746. The summed E-state index contributed by atoms with van der Waals surface area (Å²) in [5.74, 6) is 0.486. The molecule has 1 saturated heterocycles. The van der Waals surface area contributed by atoms with E-state index in [1.165, 1.54) is 18.2 Å². The first-order chi connectivity index (χ1) is 11.4. The van der Waals surface area contributed by atoms with Crippen molar-refractivity contribution in [3.63, 3.8) is 0 Å². The largest absolute Gasteiger partial charge is 0.573 e. The van der Waals surface area contributed by atoms with Crippen molar-refractivity contribution in [2.24, 2.45) is 0 Å². The molecule has 0 radical (unpaired) electrons. The molecule has 0 amide bonds. The molecular formula is C15H13F3N4O2. The molecule has 2 heterocycles. The van der Waals surface area contributed by atoms with Crippen molar-refractivity contribution in [1.82, 2.24) is 5.16 Å². The topological polar surface area (TPSA) is 46.1 Å². The average molecular weight is 338 g/mol. The van der Waals surface area contributed by atoms with Crippen LogP contribution in [-0.2, 0) is 0 Å². The van der Waals surface area contributed by atoms with E-state index in [2.05, 4.69) is 14.7 Å². The van der Waals surface area contributed by atoms with E-state index in [-0.39, 0.29) is 11.6 Å². The zero-order valence-corrected chi connectivity index (χ0v) is 12.5. The maximum atomic E-state index is 12.3. The second-order valence-electron chi connectivity index (χ2n) is 5.15. The van der Waals surface area contributed by atoms with Gasteiger partial charge in [-0.1, -0.05) is 11.2 Å². The molecule has 1 aliphatic heterocycles. The van der Waals surface area contributed by atoms with Crippen LogP contribution in [0.5, 0.6) is 5.75 Å². The minimum atomic E-state index is -4.70. The van der Waals surface area contributed by atoms with Gasteiger partial charge in [0.1, 0.15) is 5.75 Å². The van der Waals surface area contributed by atoms with Gasteiger partial charge in [0.2, 0.25) is 0 Å². The minimum Gasteiger partial charge on any atom is -0.406 e. The standard InChI is InChI=1S/C15H13F3N4O2/c1-19-14-10-13(20-24-14)22-7-5-21(6-8-22)11-3-2-4-12(9-11)23-15(16,17)18/h2-4,9-10H,5-8H2. The lowest BCUT2D eigenvalue weighted by molar-refractivity contribution is -0.274. The van der Waals surface area contributed by atoms with Gasteiger partial charge < -0.3 is 19.1 Å². The average Bonchev–Trinajstić information content (AvgIpc) is 3.03. The highest BCUT2D eigenvalue weighted by molar-refractivity contribution is 5.54. The summed E-state index contributed by atoms with van der Waals surface area (Å²) in [6.45, 7) is 9.32. The van der Waals surface area contributed by atoms with Crippen LogP contribution in [0.4, 0.5) is 30.6 Å². The Morgan fingerprint density at radius 3 is 2.46 bits per heavy atom. The van der Waals surface area contributed by atoms with Crippen LogP contribution in [0.3, 0.4) is 0 Å². The maximum absolute atomic E-state index is 12.3. The summed E-state index contributed by atoms with van der Waals surface area (Å²) >= 11 is 0. The van der Waals surface area contributed by atoms with Crippen LogP contribution in [-0.4, -0.2) is 37.7 Å². The number of anilines is 2. The van der Waals surface area contributed by atoms with Crippen LogP contribution in [0.15, 0.2) is 34.9 Å². The Labute approximate surface area is 135 Å². The monoisotopic (exact) mass is 338 g/mol. The molecule has 0 N–H and O–H groups in total. The zero-order chi connectivity index (χ0) is 17.2. The van der Waals surface area contributed by atoms with Crippen LogP contribution in [0.25, 0.3) is 4.85 Å². The van der Waals surface area contributed by atoms with Crippen molar-refractivity contribution >= 4 is 17.4 Å². The molecule has 0 spiro atoms.